The number of H-pyrrole nitrogens is 1. The van der Waals surface area contributed by atoms with Gasteiger partial charge in [-0.3, -0.25) is 4.79 Å². The first-order valence-corrected chi connectivity index (χ1v) is 14.0. The molecular weight excluding hydrogens is 574 g/mol. The summed E-state index contributed by atoms with van der Waals surface area (Å²) in [6.07, 6.45) is -0.0296. The number of aromatic nitrogens is 1. The number of methoxy groups -OCH3 is 1. The van der Waals surface area contributed by atoms with Gasteiger partial charge in [-0.25, -0.2) is 4.39 Å². The number of para-hydroxylation sites is 1. The van der Waals surface area contributed by atoms with Gasteiger partial charge in [-0.2, -0.15) is 21.6 Å². The van der Waals surface area contributed by atoms with Gasteiger partial charge in [0.2, 0.25) is 0 Å². The monoisotopic (exact) mass is 597 g/mol. The lowest BCUT2D eigenvalue weighted by Crippen LogP contribution is -2.28. The average Bonchev–Trinajstić information content (AvgIpc) is 3.39. The van der Waals surface area contributed by atoms with E-state index in [0.717, 1.165) is 23.0 Å². The summed E-state index contributed by atoms with van der Waals surface area (Å²) in [5.41, 5.74) is -2.06. The summed E-state index contributed by atoms with van der Waals surface area (Å²) < 4.78 is 84.5. The number of alkyl halides is 3. The number of benzene rings is 4. The van der Waals surface area contributed by atoms with Crippen LogP contribution in [0.5, 0.6) is 11.5 Å². The van der Waals surface area contributed by atoms with Crippen molar-refractivity contribution in [2.75, 3.05) is 7.11 Å². The minimum atomic E-state index is -5.80. The lowest BCUT2D eigenvalue weighted by atomic mass is 9.87. The normalized spacial score (nSPS) is 12.7. The van der Waals surface area contributed by atoms with Crippen molar-refractivity contribution < 1.29 is 39.7 Å². The first-order valence-electron chi connectivity index (χ1n) is 12.6. The van der Waals surface area contributed by atoms with Crippen molar-refractivity contribution in [3.63, 3.8) is 0 Å². The van der Waals surface area contributed by atoms with Crippen LogP contribution in [0.3, 0.4) is 0 Å². The lowest BCUT2D eigenvalue weighted by Gasteiger charge is -2.19. The Hall–Kier alpha value is -4.64. The highest BCUT2D eigenvalue weighted by Gasteiger charge is 2.48. The van der Waals surface area contributed by atoms with Crippen molar-refractivity contribution >= 4 is 26.8 Å². The molecule has 0 amide bonds. The molecule has 1 aromatic heterocycles. The molecule has 0 radical (unpaired) electrons. The molecule has 1 N–H and O–H groups in total. The molecule has 0 aliphatic heterocycles. The van der Waals surface area contributed by atoms with Crippen LogP contribution in [0.15, 0.2) is 97.1 Å². The Bertz CT molecular complexity index is 1830. The second-order valence-electron chi connectivity index (χ2n) is 9.47. The summed E-state index contributed by atoms with van der Waals surface area (Å²) in [6, 6.07) is 25.2. The van der Waals surface area contributed by atoms with E-state index >= 15 is 0 Å². The molecule has 0 aliphatic carbocycles. The number of hydrogen-bond acceptors (Lipinski definition) is 5. The summed E-state index contributed by atoms with van der Waals surface area (Å²) in [6.45, 7) is 0. The van der Waals surface area contributed by atoms with Crippen LogP contribution >= 0.6 is 0 Å². The molecule has 0 spiro atoms. The fraction of sp³-hybridized carbons (Fsp3) is 0.129. The molecule has 5 rings (SSSR count). The Labute approximate surface area is 238 Å². The zero-order valence-electron chi connectivity index (χ0n) is 22.0. The molecule has 0 aliphatic rings. The third-order valence-corrected chi connectivity index (χ3v) is 7.72. The van der Waals surface area contributed by atoms with E-state index in [4.69, 9.17) is 4.74 Å². The molecule has 6 nitrogen and oxygen atoms in total. The maximum Gasteiger partial charge on any atom is 0.534 e. The van der Waals surface area contributed by atoms with Crippen molar-refractivity contribution in [3.8, 4) is 22.6 Å². The van der Waals surface area contributed by atoms with E-state index in [0.29, 0.717) is 33.7 Å². The summed E-state index contributed by atoms with van der Waals surface area (Å²) in [4.78, 5) is 17.0. The average molecular weight is 598 g/mol. The van der Waals surface area contributed by atoms with E-state index in [2.05, 4.69) is 9.17 Å². The number of ketones is 1. The van der Waals surface area contributed by atoms with Gasteiger partial charge in [0.15, 0.2) is 5.78 Å². The molecule has 42 heavy (non-hydrogen) atoms. The van der Waals surface area contributed by atoms with Gasteiger partial charge in [-0.05, 0) is 65.0 Å². The predicted octanol–water partition coefficient (Wildman–Crippen LogP) is 7.62. The van der Waals surface area contributed by atoms with Gasteiger partial charge in [0.25, 0.3) is 0 Å². The second kappa shape index (κ2) is 11.3. The standard InChI is InChI=1S/C31H23F4NO5S/c1-40-30-14-11-23(32)17-26(30)25(28-16-21-5-2-3-8-27(21)36-28)18-29(37)22-7-4-6-20(15-22)19-9-12-24(13-10-19)41-42(38,39)31(33,34)35/h2-17,25,36H,18H2,1H3/t25-/m1/s1. The first kappa shape index (κ1) is 28.9. The van der Waals surface area contributed by atoms with Crippen molar-refractivity contribution in [2.45, 2.75) is 17.8 Å². The van der Waals surface area contributed by atoms with Crippen LogP contribution in [0, 0.1) is 5.82 Å². The van der Waals surface area contributed by atoms with Gasteiger partial charge in [0.1, 0.15) is 17.3 Å². The quantitative estimate of drug-likeness (QED) is 0.0818. The lowest BCUT2D eigenvalue weighted by molar-refractivity contribution is -0.0500. The molecule has 1 heterocycles. The van der Waals surface area contributed by atoms with Gasteiger partial charge in [0.05, 0.1) is 7.11 Å². The number of aromatic amines is 1. The van der Waals surface area contributed by atoms with E-state index in [9.17, 15) is 30.8 Å². The SMILES string of the molecule is COc1ccc(F)cc1[C@@H](CC(=O)c1cccc(-c2ccc(OS(=O)(=O)C(F)(F)F)cc2)c1)c1cc2ccccc2[nH]1. The molecule has 5 aromatic rings. The van der Waals surface area contributed by atoms with Gasteiger partial charge in [0, 0.05) is 34.7 Å². The molecule has 1 atom stereocenters. The van der Waals surface area contributed by atoms with Crippen LogP contribution < -0.4 is 8.92 Å². The Morgan fingerprint density at radius 1 is 0.881 bits per heavy atom. The van der Waals surface area contributed by atoms with E-state index in [1.807, 2.05) is 30.3 Å². The Kier molecular flexibility index (Phi) is 7.79. The molecule has 0 bridgehead atoms. The number of ether oxygens (including phenoxy) is 1. The summed E-state index contributed by atoms with van der Waals surface area (Å²) >= 11 is 0. The van der Waals surface area contributed by atoms with E-state index in [1.54, 1.807) is 24.3 Å². The number of Topliss-reactive ketones (excluding diaryl/α,β-unsaturated/α-hetero) is 1. The maximum absolute atomic E-state index is 14.4. The molecule has 0 unspecified atom stereocenters. The van der Waals surface area contributed by atoms with Crippen LogP contribution in [-0.2, 0) is 10.1 Å². The van der Waals surface area contributed by atoms with Gasteiger partial charge in [-0.15, -0.1) is 0 Å². The van der Waals surface area contributed by atoms with Gasteiger partial charge >= 0.3 is 15.6 Å². The topological polar surface area (TPSA) is 85.5 Å². The Morgan fingerprint density at radius 2 is 1.62 bits per heavy atom. The number of fused-ring (bicyclic) bond motifs is 1. The third-order valence-electron chi connectivity index (χ3n) is 6.74. The fourth-order valence-electron chi connectivity index (χ4n) is 4.70. The number of rotatable bonds is 9. The van der Waals surface area contributed by atoms with Crippen LogP contribution in [0.4, 0.5) is 17.6 Å². The second-order valence-corrected chi connectivity index (χ2v) is 11.0. The molecular formula is C31H23F4NO5S. The smallest absolute Gasteiger partial charge is 0.496 e. The number of nitrogens with one attached hydrogen (secondary N) is 1. The number of carbonyl (C=O) groups excluding carboxylic acids is 1. The molecule has 0 saturated carbocycles. The van der Waals surface area contributed by atoms with Crippen LogP contribution in [-0.4, -0.2) is 31.8 Å². The Morgan fingerprint density at radius 3 is 2.31 bits per heavy atom. The van der Waals surface area contributed by atoms with Crippen molar-refractivity contribution in [1.82, 2.24) is 4.98 Å². The molecule has 0 fully saturated rings. The first-order chi connectivity index (χ1) is 19.9. The summed E-state index contributed by atoms with van der Waals surface area (Å²) in [7, 11) is -4.33. The highest BCUT2D eigenvalue weighted by Crippen LogP contribution is 2.37. The predicted molar refractivity (Wildman–Crippen MR) is 150 cm³/mol. The molecule has 216 valence electrons. The fourth-order valence-corrected chi connectivity index (χ4v) is 5.16. The molecule has 0 saturated heterocycles. The van der Waals surface area contributed by atoms with Gasteiger partial charge in [-0.1, -0.05) is 48.5 Å². The zero-order chi connectivity index (χ0) is 30.1. The van der Waals surface area contributed by atoms with E-state index < -0.39 is 33.1 Å². The number of halogens is 4. The minimum Gasteiger partial charge on any atom is -0.496 e. The Balaban J connectivity index is 1.45. The van der Waals surface area contributed by atoms with E-state index in [1.165, 1.54) is 37.4 Å². The van der Waals surface area contributed by atoms with Crippen molar-refractivity contribution in [1.29, 1.82) is 0 Å². The number of hydrogen-bond donors (Lipinski definition) is 1. The zero-order valence-corrected chi connectivity index (χ0v) is 22.8. The van der Waals surface area contributed by atoms with Gasteiger partial charge < -0.3 is 13.9 Å². The minimum absolute atomic E-state index is 0.0296. The highest BCUT2D eigenvalue weighted by atomic mass is 32.2. The van der Waals surface area contributed by atoms with Crippen molar-refractivity contribution in [3.05, 3.63) is 120 Å². The van der Waals surface area contributed by atoms with Crippen molar-refractivity contribution in [2.24, 2.45) is 0 Å². The third kappa shape index (κ3) is 6.01. The summed E-state index contributed by atoms with van der Waals surface area (Å²) in [5, 5.41) is 0.928. The van der Waals surface area contributed by atoms with Crippen LogP contribution in [0.1, 0.15) is 34.0 Å². The molecule has 11 heteroatoms. The van der Waals surface area contributed by atoms with Crippen LogP contribution in [0.25, 0.3) is 22.0 Å². The van der Waals surface area contributed by atoms with E-state index in [-0.39, 0.29) is 12.2 Å². The largest absolute Gasteiger partial charge is 0.534 e. The maximum atomic E-state index is 14.4. The highest BCUT2D eigenvalue weighted by molar-refractivity contribution is 7.88. The number of carbonyl (C=O) groups is 1. The molecule has 4 aromatic carbocycles. The summed E-state index contributed by atoms with van der Waals surface area (Å²) in [5.74, 6) is -1.38. The van der Waals surface area contributed by atoms with Crippen LogP contribution in [0.2, 0.25) is 0 Å².